The summed E-state index contributed by atoms with van der Waals surface area (Å²) in [5.41, 5.74) is 1.25. The molecule has 3 nitrogen and oxygen atoms in total. The van der Waals surface area contributed by atoms with Gasteiger partial charge in [0.05, 0.1) is 19.4 Å². The Labute approximate surface area is 78.3 Å². The first kappa shape index (κ1) is 8.66. The maximum absolute atomic E-state index is 5.27. The Hall–Kier alpha value is -0.930. The summed E-state index contributed by atoms with van der Waals surface area (Å²) in [6, 6.07) is 3.91. The fourth-order valence-electron chi connectivity index (χ4n) is 1.46. The molecule has 0 amide bonds. The Morgan fingerprint density at radius 1 is 1.46 bits per heavy atom. The van der Waals surface area contributed by atoms with Gasteiger partial charge < -0.3 is 4.74 Å². The average Bonchev–Trinajstić information content (AvgIpc) is 2.21. The van der Waals surface area contributed by atoms with Gasteiger partial charge in [-0.15, -0.1) is 0 Å². The van der Waals surface area contributed by atoms with E-state index in [0.717, 1.165) is 32.8 Å². The summed E-state index contributed by atoms with van der Waals surface area (Å²) in [7, 11) is 0. The molecule has 1 aromatic heterocycles. The quantitative estimate of drug-likeness (QED) is 0.665. The minimum atomic E-state index is 0.854. The molecule has 1 radical (unpaired) electrons. The lowest BCUT2D eigenvalue weighted by atomic mass is 10.2. The molecule has 1 fully saturated rings. The predicted molar refractivity (Wildman–Crippen MR) is 49.2 cm³/mol. The maximum atomic E-state index is 5.27. The van der Waals surface area contributed by atoms with Crippen molar-refractivity contribution >= 4 is 0 Å². The SMILES string of the molecule is [c]1ccc(CN2CCOCC2)cn1. The summed E-state index contributed by atoms with van der Waals surface area (Å²) < 4.78 is 5.27. The standard InChI is InChI=1S/C10H13N2O/c1-2-10(8-11-3-1)9-12-4-6-13-7-5-12/h1-2,8H,4-7,9H2. The fourth-order valence-corrected chi connectivity index (χ4v) is 1.46. The third-order valence-corrected chi connectivity index (χ3v) is 2.19. The first-order valence-electron chi connectivity index (χ1n) is 4.56. The summed E-state index contributed by atoms with van der Waals surface area (Å²) in [5.74, 6) is 0. The molecule has 1 aromatic rings. The Balaban J connectivity index is 1.90. The molecule has 2 rings (SSSR count). The van der Waals surface area contributed by atoms with Crippen LogP contribution in [-0.2, 0) is 11.3 Å². The molecular weight excluding hydrogens is 164 g/mol. The average molecular weight is 177 g/mol. The van der Waals surface area contributed by atoms with Gasteiger partial charge in [-0.2, -0.15) is 0 Å². The first-order chi connectivity index (χ1) is 6.45. The molecular formula is C10H13N2O. The van der Waals surface area contributed by atoms with Crippen molar-refractivity contribution in [2.24, 2.45) is 0 Å². The van der Waals surface area contributed by atoms with Crippen LogP contribution in [0.5, 0.6) is 0 Å². The molecule has 0 N–H and O–H groups in total. The van der Waals surface area contributed by atoms with E-state index in [4.69, 9.17) is 4.74 Å². The Kier molecular flexibility index (Phi) is 2.90. The van der Waals surface area contributed by atoms with Crippen LogP contribution < -0.4 is 0 Å². The van der Waals surface area contributed by atoms with Gasteiger partial charge in [-0.1, -0.05) is 6.07 Å². The molecule has 0 spiro atoms. The molecule has 3 heteroatoms. The van der Waals surface area contributed by atoms with Crippen molar-refractivity contribution < 1.29 is 4.74 Å². The number of nitrogens with zero attached hydrogens (tertiary/aromatic N) is 2. The number of aromatic nitrogens is 1. The largest absolute Gasteiger partial charge is 0.379 e. The number of morpholine rings is 1. The molecule has 0 saturated carbocycles. The smallest absolute Gasteiger partial charge is 0.0886 e. The van der Waals surface area contributed by atoms with E-state index in [9.17, 15) is 0 Å². The van der Waals surface area contributed by atoms with Gasteiger partial charge in [0, 0.05) is 25.8 Å². The van der Waals surface area contributed by atoms with Crippen LogP contribution in [0, 0.1) is 6.20 Å². The van der Waals surface area contributed by atoms with E-state index in [1.165, 1.54) is 5.56 Å². The van der Waals surface area contributed by atoms with Crippen LogP contribution in [0.4, 0.5) is 0 Å². The molecule has 1 aliphatic heterocycles. The molecule has 1 aliphatic rings. The zero-order valence-corrected chi connectivity index (χ0v) is 7.57. The van der Waals surface area contributed by atoms with Crippen LogP contribution >= 0.6 is 0 Å². The van der Waals surface area contributed by atoms with Crippen LogP contribution in [0.3, 0.4) is 0 Å². The van der Waals surface area contributed by atoms with Crippen LogP contribution in [-0.4, -0.2) is 36.2 Å². The molecule has 1 saturated heterocycles. The van der Waals surface area contributed by atoms with Crippen molar-refractivity contribution in [2.75, 3.05) is 26.3 Å². The zero-order chi connectivity index (χ0) is 8.93. The monoisotopic (exact) mass is 177 g/mol. The predicted octanol–water partition coefficient (Wildman–Crippen LogP) is 0.714. The summed E-state index contributed by atoms with van der Waals surface area (Å²) in [6.45, 7) is 4.74. The Bertz CT molecular complexity index is 244. The topological polar surface area (TPSA) is 25.4 Å². The third kappa shape index (κ3) is 2.50. The highest BCUT2D eigenvalue weighted by molar-refractivity contribution is 5.07. The zero-order valence-electron chi connectivity index (χ0n) is 7.57. The summed E-state index contributed by atoms with van der Waals surface area (Å²) in [4.78, 5) is 6.34. The lowest BCUT2D eigenvalue weighted by Crippen LogP contribution is -2.35. The summed E-state index contributed by atoms with van der Waals surface area (Å²) in [6.07, 6.45) is 4.65. The highest BCUT2D eigenvalue weighted by Crippen LogP contribution is 2.04. The van der Waals surface area contributed by atoms with Gasteiger partial charge in [-0.25, -0.2) is 0 Å². The lowest BCUT2D eigenvalue weighted by molar-refractivity contribution is 0.0341. The van der Waals surface area contributed by atoms with Crippen LogP contribution in [0.2, 0.25) is 0 Å². The second kappa shape index (κ2) is 4.35. The van der Waals surface area contributed by atoms with Crippen molar-refractivity contribution in [3.8, 4) is 0 Å². The van der Waals surface area contributed by atoms with Crippen molar-refractivity contribution in [2.45, 2.75) is 6.54 Å². The van der Waals surface area contributed by atoms with E-state index >= 15 is 0 Å². The van der Waals surface area contributed by atoms with E-state index in [2.05, 4.69) is 22.1 Å². The normalized spacial score (nSPS) is 18.8. The second-order valence-electron chi connectivity index (χ2n) is 3.18. The fraction of sp³-hybridized carbons (Fsp3) is 0.500. The van der Waals surface area contributed by atoms with Crippen molar-refractivity contribution in [1.29, 1.82) is 0 Å². The third-order valence-electron chi connectivity index (χ3n) is 2.19. The number of pyridine rings is 1. The first-order valence-corrected chi connectivity index (χ1v) is 4.56. The lowest BCUT2D eigenvalue weighted by Gasteiger charge is -2.26. The Morgan fingerprint density at radius 2 is 2.31 bits per heavy atom. The summed E-state index contributed by atoms with van der Waals surface area (Å²) >= 11 is 0. The molecule has 0 aromatic carbocycles. The van der Waals surface area contributed by atoms with E-state index in [1.54, 1.807) is 0 Å². The van der Waals surface area contributed by atoms with Gasteiger partial charge in [0.2, 0.25) is 0 Å². The Morgan fingerprint density at radius 3 is 3.00 bits per heavy atom. The molecule has 0 bridgehead atoms. The van der Waals surface area contributed by atoms with Crippen molar-refractivity contribution in [3.63, 3.8) is 0 Å². The minimum absolute atomic E-state index is 0.854. The number of ether oxygens (including phenoxy) is 1. The van der Waals surface area contributed by atoms with Crippen LogP contribution in [0.25, 0.3) is 0 Å². The van der Waals surface area contributed by atoms with Crippen molar-refractivity contribution in [3.05, 3.63) is 30.1 Å². The molecule has 0 unspecified atom stereocenters. The molecule has 2 heterocycles. The number of rotatable bonds is 2. The van der Waals surface area contributed by atoms with Gasteiger partial charge >= 0.3 is 0 Å². The highest BCUT2D eigenvalue weighted by atomic mass is 16.5. The van der Waals surface area contributed by atoms with Gasteiger partial charge in [-0.3, -0.25) is 9.88 Å². The van der Waals surface area contributed by atoms with Gasteiger partial charge in [0.15, 0.2) is 0 Å². The van der Waals surface area contributed by atoms with Gasteiger partial charge in [0.25, 0.3) is 0 Å². The number of hydrogen-bond acceptors (Lipinski definition) is 3. The second-order valence-corrected chi connectivity index (χ2v) is 3.18. The minimum Gasteiger partial charge on any atom is -0.379 e. The van der Waals surface area contributed by atoms with E-state index < -0.39 is 0 Å². The van der Waals surface area contributed by atoms with Crippen LogP contribution in [0.1, 0.15) is 5.56 Å². The van der Waals surface area contributed by atoms with E-state index in [1.807, 2.05) is 12.3 Å². The van der Waals surface area contributed by atoms with E-state index in [0.29, 0.717) is 0 Å². The molecule has 0 aliphatic carbocycles. The van der Waals surface area contributed by atoms with Gasteiger partial charge in [-0.05, 0) is 11.6 Å². The van der Waals surface area contributed by atoms with Gasteiger partial charge in [0.1, 0.15) is 0 Å². The highest BCUT2D eigenvalue weighted by Gasteiger charge is 2.09. The van der Waals surface area contributed by atoms with Crippen LogP contribution in [0.15, 0.2) is 18.3 Å². The summed E-state index contributed by atoms with van der Waals surface area (Å²) in [5, 5.41) is 0. The molecule has 13 heavy (non-hydrogen) atoms. The van der Waals surface area contributed by atoms with E-state index in [-0.39, 0.29) is 0 Å². The van der Waals surface area contributed by atoms with Crippen molar-refractivity contribution in [1.82, 2.24) is 9.88 Å². The number of hydrogen-bond donors (Lipinski definition) is 0. The maximum Gasteiger partial charge on any atom is 0.0886 e. The molecule has 0 atom stereocenters. The molecule has 69 valence electrons.